The SMILES string of the molecule is COc1ccccc1CCNCc1ccc2c(c1)CCC[C@H]2NC(=O)CC1C(=O)NCCN1S(=O)(=O)c1ccc(Cl)cc1. The van der Waals surface area contributed by atoms with Crippen molar-refractivity contribution >= 4 is 33.4 Å². The Morgan fingerprint density at radius 1 is 1.12 bits per heavy atom. The molecule has 3 aromatic carbocycles. The number of rotatable bonds is 11. The standard InChI is InChI=1S/C32H37ClN4O5S/c1-42-30-8-3-2-5-23(30)15-16-34-21-22-9-14-27-24(19-22)6-4-7-28(27)36-31(38)20-29-32(39)35-17-18-37(29)43(40,41)26-12-10-25(33)11-13-26/h2-3,5,8-14,19,28-29,34H,4,6-7,15-18,20-21H2,1H3,(H,35,39)(H,36,38)/t28-,29?/m1/s1. The molecule has 3 N–H and O–H groups in total. The number of methoxy groups -OCH3 is 1. The molecule has 11 heteroatoms. The van der Waals surface area contributed by atoms with Crippen LogP contribution in [0, 0.1) is 0 Å². The summed E-state index contributed by atoms with van der Waals surface area (Å²) in [7, 11) is -2.32. The lowest BCUT2D eigenvalue weighted by Gasteiger charge is -2.34. The summed E-state index contributed by atoms with van der Waals surface area (Å²) in [6.45, 7) is 1.80. The third-order valence-corrected chi connectivity index (χ3v) is 10.2. The van der Waals surface area contributed by atoms with Gasteiger partial charge < -0.3 is 20.7 Å². The molecular weight excluding hydrogens is 588 g/mol. The number of sulfonamides is 1. The molecular formula is C32H37ClN4O5S. The summed E-state index contributed by atoms with van der Waals surface area (Å²) in [4.78, 5) is 26.1. The monoisotopic (exact) mass is 624 g/mol. The van der Waals surface area contributed by atoms with E-state index in [2.05, 4.69) is 40.2 Å². The van der Waals surface area contributed by atoms with Gasteiger partial charge in [-0.1, -0.05) is 48.0 Å². The van der Waals surface area contributed by atoms with Crippen molar-refractivity contribution in [1.29, 1.82) is 0 Å². The van der Waals surface area contributed by atoms with Crippen molar-refractivity contribution in [1.82, 2.24) is 20.3 Å². The molecule has 0 aromatic heterocycles. The Morgan fingerprint density at radius 2 is 1.91 bits per heavy atom. The Kier molecular flexibility index (Phi) is 10.0. The van der Waals surface area contributed by atoms with E-state index in [4.69, 9.17) is 16.3 Å². The first-order chi connectivity index (χ1) is 20.8. The summed E-state index contributed by atoms with van der Waals surface area (Å²) in [6.07, 6.45) is 3.22. The van der Waals surface area contributed by atoms with Gasteiger partial charge in [-0.3, -0.25) is 9.59 Å². The van der Waals surface area contributed by atoms with Crippen LogP contribution in [-0.4, -0.2) is 57.3 Å². The van der Waals surface area contributed by atoms with Gasteiger partial charge in [-0.15, -0.1) is 0 Å². The van der Waals surface area contributed by atoms with E-state index in [0.717, 1.165) is 60.0 Å². The zero-order valence-electron chi connectivity index (χ0n) is 24.1. The lowest BCUT2D eigenvalue weighted by molar-refractivity contribution is -0.132. The number of piperazine rings is 1. The van der Waals surface area contributed by atoms with Crippen molar-refractivity contribution in [3.63, 3.8) is 0 Å². The van der Waals surface area contributed by atoms with E-state index in [-0.39, 0.29) is 36.4 Å². The third kappa shape index (κ3) is 7.38. The molecule has 1 saturated heterocycles. The van der Waals surface area contributed by atoms with E-state index in [9.17, 15) is 18.0 Å². The molecule has 2 aliphatic rings. The smallest absolute Gasteiger partial charge is 0.243 e. The molecule has 9 nitrogen and oxygen atoms in total. The quantitative estimate of drug-likeness (QED) is 0.280. The van der Waals surface area contributed by atoms with Crippen LogP contribution < -0.4 is 20.7 Å². The first kappa shape index (κ1) is 31.0. The van der Waals surface area contributed by atoms with Gasteiger partial charge in [-0.2, -0.15) is 4.31 Å². The van der Waals surface area contributed by atoms with Gasteiger partial charge in [0.1, 0.15) is 11.8 Å². The first-order valence-electron chi connectivity index (χ1n) is 14.5. The van der Waals surface area contributed by atoms with Crippen LogP contribution in [0.15, 0.2) is 71.6 Å². The zero-order valence-corrected chi connectivity index (χ0v) is 25.7. The number of hydrogen-bond donors (Lipinski definition) is 3. The van der Waals surface area contributed by atoms with Crippen LogP contribution in [-0.2, 0) is 39.0 Å². The fourth-order valence-corrected chi connectivity index (χ4v) is 7.55. The molecule has 1 heterocycles. The van der Waals surface area contributed by atoms with E-state index in [1.54, 1.807) is 7.11 Å². The number of carbonyl (C=O) groups excluding carboxylic acids is 2. The topological polar surface area (TPSA) is 117 Å². The van der Waals surface area contributed by atoms with Gasteiger partial charge in [0.05, 0.1) is 24.5 Å². The minimum absolute atomic E-state index is 0.0308. The summed E-state index contributed by atoms with van der Waals surface area (Å²) < 4.78 is 33.3. The van der Waals surface area contributed by atoms with E-state index in [0.29, 0.717) is 5.02 Å². The number of amides is 2. The van der Waals surface area contributed by atoms with Gasteiger partial charge >= 0.3 is 0 Å². The molecule has 5 rings (SSSR count). The minimum atomic E-state index is -4.00. The molecule has 1 aliphatic heterocycles. The number of hydrogen-bond acceptors (Lipinski definition) is 6. The van der Waals surface area contributed by atoms with Crippen LogP contribution >= 0.6 is 11.6 Å². The Balaban J connectivity index is 1.20. The Hall–Kier alpha value is -3.44. The maximum Gasteiger partial charge on any atom is 0.243 e. The summed E-state index contributed by atoms with van der Waals surface area (Å²) >= 11 is 5.93. The van der Waals surface area contributed by atoms with Gasteiger partial charge in [-0.05, 0) is 84.8 Å². The molecule has 1 aliphatic carbocycles. The molecule has 2 atom stereocenters. The molecule has 1 unspecified atom stereocenters. The van der Waals surface area contributed by atoms with Gasteiger partial charge in [0.15, 0.2) is 0 Å². The average molecular weight is 625 g/mol. The second-order valence-electron chi connectivity index (χ2n) is 10.9. The zero-order chi connectivity index (χ0) is 30.4. The first-order valence-corrected chi connectivity index (χ1v) is 16.4. The van der Waals surface area contributed by atoms with Gasteiger partial charge in [-0.25, -0.2) is 8.42 Å². The van der Waals surface area contributed by atoms with Crippen molar-refractivity contribution in [2.45, 2.75) is 55.6 Å². The molecule has 228 valence electrons. The van der Waals surface area contributed by atoms with Crippen molar-refractivity contribution in [3.8, 4) is 5.75 Å². The predicted octanol–water partition coefficient (Wildman–Crippen LogP) is 3.75. The summed E-state index contributed by atoms with van der Waals surface area (Å²) in [5.74, 6) is 0.0512. The van der Waals surface area contributed by atoms with E-state index < -0.39 is 22.0 Å². The number of nitrogens with zero attached hydrogens (tertiary/aromatic N) is 1. The van der Waals surface area contributed by atoms with E-state index in [1.165, 1.54) is 35.4 Å². The number of para-hydroxylation sites is 1. The number of nitrogens with one attached hydrogen (secondary N) is 3. The highest BCUT2D eigenvalue weighted by Crippen LogP contribution is 2.31. The van der Waals surface area contributed by atoms with E-state index >= 15 is 0 Å². The fourth-order valence-electron chi connectivity index (χ4n) is 5.84. The number of carbonyl (C=O) groups is 2. The number of ether oxygens (including phenoxy) is 1. The Bertz CT molecular complexity index is 1560. The molecule has 2 amide bonds. The molecule has 1 fully saturated rings. The lowest BCUT2D eigenvalue weighted by atomic mass is 9.86. The molecule has 0 spiro atoms. The second-order valence-corrected chi connectivity index (χ2v) is 13.2. The van der Waals surface area contributed by atoms with Crippen LogP contribution in [0.25, 0.3) is 0 Å². The van der Waals surface area contributed by atoms with Gasteiger partial charge in [0.25, 0.3) is 0 Å². The normalized spacial score (nSPS) is 18.9. The third-order valence-electron chi connectivity index (χ3n) is 8.03. The van der Waals surface area contributed by atoms with Crippen molar-refractivity contribution in [3.05, 3.63) is 94.0 Å². The maximum absolute atomic E-state index is 13.4. The molecule has 0 radical (unpaired) electrons. The Labute approximate surface area is 258 Å². The average Bonchev–Trinajstić information content (AvgIpc) is 3.00. The predicted molar refractivity (Wildman–Crippen MR) is 165 cm³/mol. The van der Waals surface area contributed by atoms with E-state index in [1.807, 2.05) is 18.2 Å². The van der Waals surface area contributed by atoms with Gasteiger partial charge in [0, 0.05) is 24.7 Å². The molecule has 3 aromatic rings. The summed E-state index contributed by atoms with van der Waals surface area (Å²) in [6, 6.07) is 18.8. The van der Waals surface area contributed by atoms with Crippen molar-refractivity contribution in [2.24, 2.45) is 0 Å². The minimum Gasteiger partial charge on any atom is -0.496 e. The molecule has 43 heavy (non-hydrogen) atoms. The number of fused-ring (bicyclic) bond motifs is 1. The van der Waals surface area contributed by atoms with Crippen LogP contribution in [0.2, 0.25) is 5.02 Å². The highest BCUT2D eigenvalue weighted by molar-refractivity contribution is 7.89. The molecule has 0 bridgehead atoms. The summed E-state index contributed by atoms with van der Waals surface area (Å²) in [5.41, 5.74) is 4.60. The summed E-state index contributed by atoms with van der Waals surface area (Å²) in [5, 5.41) is 9.70. The highest BCUT2D eigenvalue weighted by Gasteiger charge is 2.40. The Morgan fingerprint density at radius 3 is 2.70 bits per heavy atom. The lowest BCUT2D eigenvalue weighted by Crippen LogP contribution is -2.58. The van der Waals surface area contributed by atoms with Gasteiger partial charge in [0.2, 0.25) is 21.8 Å². The molecule has 0 saturated carbocycles. The maximum atomic E-state index is 13.4. The number of halogens is 1. The van der Waals surface area contributed by atoms with Crippen molar-refractivity contribution in [2.75, 3.05) is 26.7 Å². The fraction of sp³-hybridized carbons (Fsp3) is 0.375. The highest BCUT2D eigenvalue weighted by atomic mass is 35.5. The van der Waals surface area contributed by atoms with Crippen LogP contribution in [0.3, 0.4) is 0 Å². The van der Waals surface area contributed by atoms with Crippen LogP contribution in [0.4, 0.5) is 0 Å². The number of benzene rings is 3. The van der Waals surface area contributed by atoms with Crippen molar-refractivity contribution < 1.29 is 22.7 Å². The van der Waals surface area contributed by atoms with Crippen LogP contribution in [0.5, 0.6) is 5.75 Å². The van der Waals surface area contributed by atoms with Crippen LogP contribution in [0.1, 0.15) is 47.6 Å². The largest absolute Gasteiger partial charge is 0.496 e. The number of aryl methyl sites for hydroxylation is 1. The second kappa shape index (κ2) is 13.9.